The second kappa shape index (κ2) is 5.42. The maximum atomic E-state index is 11.3. The summed E-state index contributed by atoms with van der Waals surface area (Å²) in [4.78, 5) is 25.5. The Morgan fingerprint density at radius 3 is 2.75 bits per heavy atom. The first-order valence-corrected chi connectivity index (χ1v) is 6.19. The fourth-order valence-corrected chi connectivity index (χ4v) is 1.76. The molecule has 0 atom stereocenters. The second-order valence-electron chi connectivity index (χ2n) is 4.39. The molecule has 104 valence electrons. The fourth-order valence-electron chi connectivity index (χ4n) is 1.55. The Kier molecular flexibility index (Phi) is 3.85. The lowest BCUT2D eigenvalue weighted by atomic mass is 10.2. The molecular formula is C13H13ClN4O2. The minimum Gasteiger partial charge on any atom is -0.478 e. The van der Waals surface area contributed by atoms with E-state index in [0.29, 0.717) is 16.7 Å². The maximum absolute atomic E-state index is 11.3. The molecule has 2 aromatic rings. The van der Waals surface area contributed by atoms with Crippen molar-refractivity contribution in [1.82, 2.24) is 14.9 Å². The van der Waals surface area contributed by atoms with Crippen molar-refractivity contribution >= 4 is 40.1 Å². The number of aromatic carboxylic acids is 1. The van der Waals surface area contributed by atoms with Gasteiger partial charge in [-0.2, -0.15) is 0 Å². The largest absolute Gasteiger partial charge is 0.478 e. The number of fused-ring (bicyclic) bond motifs is 1. The van der Waals surface area contributed by atoms with Crippen LogP contribution in [-0.2, 0) is 0 Å². The van der Waals surface area contributed by atoms with E-state index in [1.807, 2.05) is 14.1 Å². The number of hydrogen-bond acceptors (Lipinski definition) is 4. The number of halogens is 1. The minimum absolute atomic E-state index is 0.0287. The molecular weight excluding hydrogens is 280 g/mol. The molecule has 0 amide bonds. The van der Waals surface area contributed by atoms with Crippen LogP contribution in [0, 0.1) is 0 Å². The molecule has 2 heterocycles. The van der Waals surface area contributed by atoms with Gasteiger partial charge in [-0.3, -0.25) is 0 Å². The smallest absolute Gasteiger partial charge is 0.339 e. The van der Waals surface area contributed by atoms with E-state index < -0.39 is 5.97 Å². The van der Waals surface area contributed by atoms with Gasteiger partial charge in [0, 0.05) is 25.7 Å². The molecule has 0 fully saturated rings. The van der Waals surface area contributed by atoms with Crippen LogP contribution in [0.4, 0.5) is 5.82 Å². The Balaban J connectivity index is 2.74. The van der Waals surface area contributed by atoms with Crippen LogP contribution >= 0.6 is 11.6 Å². The molecule has 0 saturated carbocycles. The molecule has 6 nitrogen and oxygen atoms in total. The van der Waals surface area contributed by atoms with Crippen LogP contribution in [0.3, 0.4) is 0 Å². The van der Waals surface area contributed by atoms with Gasteiger partial charge in [0.1, 0.15) is 16.9 Å². The van der Waals surface area contributed by atoms with Gasteiger partial charge in [0.05, 0.1) is 0 Å². The van der Waals surface area contributed by atoms with Gasteiger partial charge in [0.15, 0.2) is 11.0 Å². The summed E-state index contributed by atoms with van der Waals surface area (Å²) in [7, 11) is 3.63. The zero-order valence-electron chi connectivity index (χ0n) is 11.3. The molecule has 7 heteroatoms. The highest BCUT2D eigenvalue weighted by Gasteiger charge is 2.15. The van der Waals surface area contributed by atoms with Crippen molar-refractivity contribution in [2.45, 2.75) is 6.92 Å². The molecule has 0 aromatic carbocycles. The number of pyridine rings is 2. The topological polar surface area (TPSA) is 78.7 Å². The third kappa shape index (κ3) is 2.70. The number of carboxylic acids is 1. The first kappa shape index (κ1) is 14.2. The number of aliphatic imine (C=N–C) groups is 1. The maximum Gasteiger partial charge on any atom is 0.339 e. The normalized spacial score (nSPS) is 11.7. The summed E-state index contributed by atoms with van der Waals surface area (Å²) in [6.07, 6.45) is 1.51. The van der Waals surface area contributed by atoms with Crippen LogP contribution in [0.1, 0.15) is 17.3 Å². The van der Waals surface area contributed by atoms with Crippen molar-refractivity contribution in [3.8, 4) is 0 Å². The molecule has 0 radical (unpaired) electrons. The molecule has 0 saturated heterocycles. The van der Waals surface area contributed by atoms with Gasteiger partial charge in [-0.15, -0.1) is 0 Å². The number of nitrogens with zero attached hydrogens (tertiary/aromatic N) is 4. The lowest BCUT2D eigenvalue weighted by molar-refractivity contribution is 0.0697. The summed E-state index contributed by atoms with van der Waals surface area (Å²) in [5.41, 5.74) is 0.463. The molecule has 2 aromatic heterocycles. The SMILES string of the molecule is C/C(=N\c1nc2c(Cl)nccc2cc1C(=O)O)N(C)C. The van der Waals surface area contributed by atoms with Gasteiger partial charge < -0.3 is 10.0 Å². The van der Waals surface area contributed by atoms with E-state index in [1.165, 1.54) is 12.3 Å². The Labute approximate surface area is 120 Å². The summed E-state index contributed by atoms with van der Waals surface area (Å²) < 4.78 is 0. The van der Waals surface area contributed by atoms with E-state index in [1.54, 1.807) is 17.9 Å². The van der Waals surface area contributed by atoms with E-state index in [2.05, 4.69) is 15.0 Å². The molecule has 0 aliphatic carbocycles. The third-order valence-electron chi connectivity index (χ3n) is 2.81. The second-order valence-corrected chi connectivity index (χ2v) is 4.75. The van der Waals surface area contributed by atoms with Crippen LogP contribution in [0.15, 0.2) is 23.3 Å². The van der Waals surface area contributed by atoms with E-state index >= 15 is 0 Å². The average Bonchev–Trinajstić information content (AvgIpc) is 2.38. The molecule has 0 aliphatic rings. The van der Waals surface area contributed by atoms with E-state index in [0.717, 1.165) is 0 Å². The molecule has 0 spiro atoms. The molecule has 0 aliphatic heterocycles. The predicted octanol–water partition coefficient (Wildman–Crippen LogP) is 2.59. The van der Waals surface area contributed by atoms with Gasteiger partial charge in [0.25, 0.3) is 0 Å². The average molecular weight is 293 g/mol. The number of rotatable bonds is 2. The Morgan fingerprint density at radius 1 is 1.45 bits per heavy atom. The summed E-state index contributed by atoms with van der Waals surface area (Å²) in [5, 5.41) is 10.1. The Hall–Kier alpha value is -2.21. The van der Waals surface area contributed by atoms with Crippen molar-refractivity contribution in [2.75, 3.05) is 14.1 Å². The molecule has 2 rings (SSSR count). The number of carboxylic acid groups (broad SMARTS) is 1. The van der Waals surface area contributed by atoms with Crippen LogP contribution in [0.5, 0.6) is 0 Å². The highest BCUT2D eigenvalue weighted by Crippen LogP contribution is 2.26. The third-order valence-corrected chi connectivity index (χ3v) is 3.09. The van der Waals surface area contributed by atoms with Crippen molar-refractivity contribution < 1.29 is 9.90 Å². The van der Waals surface area contributed by atoms with Gasteiger partial charge in [0.2, 0.25) is 0 Å². The van der Waals surface area contributed by atoms with Gasteiger partial charge in [-0.1, -0.05) is 11.6 Å². The van der Waals surface area contributed by atoms with Crippen LogP contribution < -0.4 is 0 Å². The van der Waals surface area contributed by atoms with Crippen molar-refractivity contribution in [3.63, 3.8) is 0 Å². The minimum atomic E-state index is -1.09. The summed E-state index contributed by atoms with van der Waals surface area (Å²) in [6, 6.07) is 3.16. The van der Waals surface area contributed by atoms with E-state index in [9.17, 15) is 9.90 Å². The highest BCUT2D eigenvalue weighted by atomic mass is 35.5. The first-order chi connectivity index (χ1) is 9.40. The Bertz CT molecular complexity index is 713. The summed E-state index contributed by atoms with van der Waals surface area (Å²) in [5.74, 6) is -0.330. The van der Waals surface area contributed by atoms with Crippen LogP contribution in [-0.4, -0.2) is 45.9 Å². The van der Waals surface area contributed by atoms with E-state index in [-0.39, 0.29) is 16.5 Å². The summed E-state index contributed by atoms with van der Waals surface area (Å²) >= 11 is 5.98. The quantitative estimate of drug-likeness (QED) is 0.523. The fraction of sp³-hybridized carbons (Fsp3) is 0.231. The monoisotopic (exact) mass is 292 g/mol. The van der Waals surface area contributed by atoms with Gasteiger partial charge in [-0.25, -0.2) is 19.8 Å². The Morgan fingerprint density at radius 2 is 2.15 bits per heavy atom. The molecule has 1 N–H and O–H groups in total. The van der Waals surface area contributed by atoms with Crippen molar-refractivity contribution in [3.05, 3.63) is 29.0 Å². The lowest BCUT2D eigenvalue weighted by Gasteiger charge is -2.12. The van der Waals surface area contributed by atoms with Gasteiger partial charge >= 0.3 is 5.97 Å². The van der Waals surface area contributed by atoms with E-state index in [4.69, 9.17) is 11.6 Å². The zero-order valence-corrected chi connectivity index (χ0v) is 12.0. The van der Waals surface area contributed by atoms with Crippen LogP contribution in [0.2, 0.25) is 5.15 Å². The van der Waals surface area contributed by atoms with Crippen molar-refractivity contribution in [1.29, 1.82) is 0 Å². The predicted molar refractivity (Wildman–Crippen MR) is 78.0 cm³/mol. The number of amidine groups is 1. The molecule has 0 unspecified atom stereocenters. The lowest BCUT2D eigenvalue weighted by Crippen LogP contribution is -2.18. The number of aromatic nitrogens is 2. The first-order valence-electron chi connectivity index (χ1n) is 5.81. The standard InChI is InChI=1S/C13H13ClN4O2/c1-7(18(2)3)16-12-9(13(19)20)6-8-4-5-15-11(14)10(8)17-12/h4-6H,1-3H3,(H,19,20)/b16-7+. The summed E-state index contributed by atoms with van der Waals surface area (Å²) in [6.45, 7) is 1.77. The molecule has 0 bridgehead atoms. The highest BCUT2D eigenvalue weighted by molar-refractivity contribution is 6.33. The van der Waals surface area contributed by atoms with Crippen LogP contribution in [0.25, 0.3) is 10.9 Å². The van der Waals surface area contributed by atoms with Gasteiger partial charge in [-0.05, 0) is 19.1 Å². The zero-order chi connectivity index (χ0) is 14.9. The van der Waals surface area contributed by atoms with Crippen molar-refractivity contribution in [2.24, 2.45) is 4.99 Å². The number of carbonyl (C=O) groups is 1. The number of hydrogen-bond donors (Lipinski definition) is 1. The molecule has 20 heavy (non-hydrogen) atoms.